The Hall–Kier alpha value is -2.69. The molecule has 5 heterocycles. The minimum atomic E-state index is 0.889. The summed E-state index contributed by atoms with van der Waals surface area (Å²) in [5.74, 6) is 1.18. The Morgan fingerprint density at radius 2 is 2.20 bits per heavy atom. The van der Waals surface area contributed by atoms with E-state index < -0.39 is 0 Å². The van der Waals surface area contributed by atoms with Crippen molar-refractivity contribution in [2.24, 2.45) is 7.05 Å². The third-order valence-electron chi connectivity index (χ3n) is 4.17. The summed E-state index contributed by atoms with van der Waals surface area (Å²) in [5.41, 5.74) is 5.95. The van der Waals surface area contributed by atoms with Crippen molar-refractivity contribution in [1.82, 2.24) is 18.9 Å². The van der Waals surface area contributed by atoms with E-state index in [1.807, 2.05) is 30.9 Å². The maximum Gasteiger partial charge on any atom is 0.309 e. The van der Waals surface area contributed by atoms with Gasteiger partial charge >= 0.3 is 5.82 Å². The molecule has 20 heavy (non-hydrogen) atoms. The predicted octanol–water partition coefficient (Wildman–Crippen LogP) is 1.54. The Balaban J connectivity index is 1.98. The summed E-state index contributed by atoms with van der Waals surface area (Å²) in [5, 5.41) is 0. The van der Waals surface area contributed by atoms with Gasteiger partial charge in [0.1, 0.15) is 12.1 Å². The van der Waals surface area contributed by atoms with Crippen molar-refractivity contribution in [2.45, 2.75) is 6.54 Å². The fraction of sp³-hybridized carbons (Fsp3) is 0.133. The third-order valence-corrected chi connectivity index (χ3v) is 4.17. The van der Waals surface area contributed by atoms with Gasteiger partial charge in [-0.3, -0.25) is 4.98 Å². The quantitative estimate of drug-likeness (QED) is 0.397. The minimum absolute atomic E-state index is 0.889. The fourth-order valence-corrected chi connectivity index (χ4v) is 3.32. The lowest BCUT2D eigenvalue weighted by Gasteiger charge is -1.95. The van der Waals surface area contributed by atoms with Crippen LogP contribution in [0.1, 0.15) is 5.56 Å². The molecule has 4 aromatic heterocycles. The molecule has 1 aliphatic heterocycles. The average Bonchev–Trinajstić information content (AvgIpc) is 3.10. The first-order chi connectivity index (χ1) is 9.84. The van der Waals surface area contributed by atoms with Gasteiger partial charge in [-0.1, -0.05) is 6.07 Å². The number of nitrogens with zero attached hydrogens (tertiary/aromatic N) is 5. The molecule has 0 saturated carbocycles. The average molecular weight is 262 g/mol. The molecule has 0 unspecified atom stereocenters. The molecule has 5 rings (SSSR count). The summed E-state index contributed by atoms with van der Waals surface area (Å²) < 4.78 is 6.69. The van der Waals surface area contributed by atoms with Crippen LogP contribution in [0.3, 0.4) is 0 Å². The van der Waals surface area contributed by atoms with E-state index in [9.17, 15) is 0 Å². The zero-order valence-corrected chi connectivity index (χ0v) is 11.0. The van der Waals surface area contributed by atoms with E-state index >= 15 is 0 Å². The molecular weight excluding hydrogens is 250 g/mol. The molecule has 0 bridgehead atoms. The Labute approximate surface area is 114 Å². The van der Waals surface area contributed by atoms with Crippen molar-refractivity contribution in [2.75, 3.05) is 0 Å². The lowest BCUT2D eigenvalue weighted by atomic mass is 10.2. The summed E-state index contributed by atoms with van der Waals surface area (Å²) in [6.07, 6.45) is 9.75. The topological polar surface area (TPSA) is 39.0 Å². The Bertz CT molecular complexity index is 992. The van der Waals surface area contributed by atoms with Crippen molar-refractivity contribution in [3.63, 3.8) is 0 Å². The third kappa shape index (κ3) is 1.02. The fourth-order valence-electron chi connectivity index (χ4n) is 3.32. The van der Waals surface area contributed by atoms with Crippen LogP contribution in [0, 0.1) is 0 Å². The molecule has 4 aromatic rings. The standard InChI is InChI=1S/C15H12N5/c1-18-14-11-7-16-5-6-19(11)9-12(14)20-8-10-3-2-4-17-13(10)15(18)20/h2-7,9H,8H2,1H3/q+1. The van der Waals surface area contributed by atoms with Crippen LogP contribution in [0.25, 0.3) is 28.1 Å². The Morgan fingerprint density at radius 1 is 1.25 bits per heavy atom. The Kier molecular flexibility index (Phi) is 1.65. The Morgan fingerprint density at radius 3 is 3.15 bits per heavy atom. The van der Waals surface area contributed by atoms with Crippen LogP contribution in [-0.4, -0.2) is 18.9 Å². The number of pyridine rings is 1. The number of rotatable bonds is 0. The molecule has 0 saturated heterocycles. The van der Waals surface area contributed by atoms with Gasteiger partial charge in [-0.05, 0) is 6.07 Å². The van der Waals surface area contributed by atoms with Crippen LogP contribution in [0.5, 0.6) is 0 Å². The molecule has 0 amide bonds. The lowest BCUT2D eigenvalue weighted by molar-refractivity contribution is -0.633. The number of fused-ring (bicyclic) bond motifs is 7. The van der Waals surface area contributed by atoms with E-state index in [4.69, 9.17) is 0 Å². The first kappa shape index (κ1) is 10.1. The maximum absolute atomic E-state index is 4.55. The summed E-state index contributed by atoms with van der Waals surface area (Å²) in [6, 6.07) is 4.15. The van der Waals surface area contributed by atoms with E-state index in [-0.39, 0.29) is 0 Å². The molecule has 0 spiro atoms. The van der Waals surface area contributed by atoms with Crippen molar-refractivity contribution in [3.8, 4) is 11.5 Å². The first-order valence-corrected chi connectivity index (χ1v) is 6.62. The van der Waals surface area contributed by atoms with Gasteiger partial charge in [0.15, 0.2) is 11.2 Å². The van der Waals surface area contributed by atoms with Crippen LogP contribution in [0.2, 0.25) is 0 Å². The largest absolute Gasteiger partial charge is 0.313 e. The number of hydrogen-bond acceptors (Lipinski definition) is 2. The molecule has 0 N–H and O–H groups in total. The van der Waals surface area contributed by atoms with Gasteiger partial charge in [0.25, 0.3) is 0 Å². The molecular formula is C15H12N5+. The van der Waals surface area contributed by atoms with Gasteiger partial charge in [0.2, 0.25) is 5.52 Å². The van der Waals surface area contributed by atoms with E-state index in [1.165, 1.54) is 22.4 Å². The summed E-state index contributed by atoms with van der Waals surface area (Å²) in [6.45, 7) is 0.889. The second-order valence-corrected chi connectivity index (χ2v) is 5.21. The number of imidazole rings is 1. The molecule has 0 atom stereocenters. The SMILES string of the molecule is C[n+]1c2n(c3cn4ccncc4c31)Cc1cccnc1-2. The predicted molar refractivity (Wildman–Crippen MR) is 74.2 cm³/mol. The highest BCUT2D eigenvalue weighted by atomic mass is 15.2. The van der Waals surface area contributed by atoms with Gasteiger partial charge < -0.3 is 4.40 Å². The molecule has 0 radical (unpaired) electrons. The summed E-state index contributed by atoms with van der Waals surface area (Å²) in [4.78, 5) is 8.80. The van der Waals surface area contributed by atoms with Gasteiger partial charge in [-0.25, -0.2) is 14.1 Å². The normalized spacial score (nSPS) is 13.1. The second-order valence-electron chi connectivity index (χ2n) is 5.21. The highest BCUT2D eigenvalue weighted by Gasteiger charge is 2.35. The molecule has 0 fully saturated rings. The van der Waals surface area contributed by atoms with Crippen molar-refractivity contribution < 1.29 is 4.57 Å². The molecule has 5 nitrogen and oxygen atoms in total. The molecule has 1 aliphatic rings. The highest BCUT2D eigenvalue weighted by molar-refractivity contribution is 5.91. The van der Waals surface area contributed by atoms with Crippen molar-refractivity contribution >= 4 is 16.6 Å². The molecule has 0 aromatic carbocycles. The van der Waals surface area contributed by atoms with Crippen molar-refractivity contribution in [1.29, 1.82) is 0 Å². The molecule has 96 valence electrons. The van der Waals surface area contributed by atoms with Gasteiger partial charge in [0, 0.05) is 24.2 Å². The number of aromatic nitrogens is 5. The van der Waals surface area contributed by atoms with Crippen LogP contribution in [-0.2, 0) is 13.6 Å². The van der Waals surface area contributed by atoms with E-state index in [2.05, 4.69) is 42.8 Å². The monoisotopic (exact) mass is 262 g/mol. The van der Waals surface area contributed by atoms with Crippen LogP contribution < -0.4 is 4.57 Å². The van der Waals surface area contributed by atoms with Gasteiger partial charge in [0.05, 0.1) is 19.4 Å². The molecule has 0 aliphatic carbocycles. The smallest absolute Gasteiger partial charge is 0.309 e. The van der Waals surface area contributed by atoms with Gasteiger partial charge in [-0.15, -0.1) is 0 Å². The lowest BCUT2D eigenvalue weighted by Crippen LogP contribution is -2.29. The number of aryl methyl sites for hydroxylation is 1. The van der Waals surface area contributed by atoms with E-state index in [0.29, 0.717) is 0 Å². The summed E-state index contributed by atoms with van der Waals surface area (Å²) in [7, 11) is 2.10. The maximum atomic E-state index is 4.55. The van der Waals surface area contributed by atoms with Crippen LogP contribution in [0.4, 0.5) is 0 Å². The summed E-state index contributed by atoms with van der Waals surface area (Å²) >= 11 is 0. The van der Waals surface area contributed by atoms with E-state index in [0.717, 1.165) is 17.8 Å². The zero-order valence-electron chi connectivity index (χ0n) is 11.0. The minimum Gasteiger partial charge on any atom is -0.313 e. The second kappa shape index (κ2) is 3.25. The zero-order chi connectivity index (χ0) is 13.3. The highest BCUT2D eigenvalue weighted by Crippen LogP contribution is 2.33. The molecule has 5 heteroatoms. The van der Waals surface area contributed by atoms with Gasteiger partial charge in [-0.2, -0.15) is 0 Å². The van der Waals surface area contributed by atoms with Crippen LogP contribution >= 0.6 is 0 Å². The van der Waals surface area contributed by atoms with Crippen molar-refractivity contribution in [3.05, 3.63) is 48.7 Å². The van der Waals surface area contributed by atoms with Crippen LogP contribution in [0.15, 0.2) is 43.1 Å². The first-order valence-electron chi connectivity index (χ1n) is 6.62. The number of hydrogen-bond donors (Lipinski definition) is 0. The van der Waals surface area contributed by atoms with E-state index in [1.54, 1.807) is 0 Å².